The van der Waals surface area contributed by atoms with E-state index in [-0.39, 0.29) is 5.41 Å². The highest BCUT2D eigenvalue weighted by atomic mass is 16.3. The van der Waals surface area contributed by atoms with Gasteiger partial charge in [-0.05, 0) is 136 Å². The zero-order valence-electron chi connectivity index (χ0n) is 23.8. The van der Waals surface area contributed by atoms with E-state index in [1.54, 1.807) is 5.57 Å². The maximum atomic E-state index is 11.1. The van der Waals surface area contributed by atoms with Crippen LogP contribution in [-0.4, -0.2) is 33.6 Å². The highest BCUT2D eigenvalue weighted by Gasteiger charge is 2.52. The predicted octanol–water partition coefficient (Wildman–Crippen LogP) is 6.73. The zero-order chi connectivity index (χ0) is 26.7. The van der Waals surface area contributed by atoms with E-state index in [1.807, 2.05) is 0 Å². The van der Waals surface area contributed by atoms with Crippen molar-refractivity contribution in [1.82, 2.24) is 0 Å². The minimum absolute atomic E-state index is 0.265. The first kappa shape index (κ1) is 26.9. The van der Waals surface area contributed by atoms with Crippen molar-refractivity contribution < 1.29 is 15.3 Å². The van der Waals surface area contributed by atoms with Crippen LogP contribution in [0.2, 0.25) is 0 Å². The standard InChI is InChI=1S/C35H50O3/c1-22(6-9-29(36)21-35-18-25-13-26(19-35)15-27(14-25)20-35)30-10-11-31-28(5-4-12-34(30,31)3)8-7-24-16-32(37)23(2)33(38)17-24/h7-8,22,25-27,29-33,36-38H,2,4-5,10-21H2,1,3H3/b28-8+/t22-,25?,26?,27?,29?,30-,31?,32-,33-,34-,35?/m1/s1. The van der Waals surface area contributed by atoms with E-state index in [4.69, 9.17) is 0 Å². The molecule has 0 aliphatic heterocycles. The second kappa shape index (κ2) is 10.2. The lowest BCUT2D eigenvalue weighted by Crippen LogP contribution is -2.47. The molecule has 3 heteroatoms. The van der Waals surface area contributed by atoms with Gasteiger partial charge < -0.3 is 15.3 Å². The molecular weight excluding hydrogens is 468 g/mol. The highest BCUT2D eigenvalue weighted by molar-refractivity contribution is 5.30. The van der Waals surface area contributed by atoms with Crippen LogP contribution in [0.15, 0.2) is 35.5 Å². The lowest BCUT2D eigenvalue weighted by molar-refractivity contribution is -0.0696. The highest BCUT2D eigenvalue weighted by Crippen LogP contribution is 2.62. The zero-order valence-corrected chi connectivity index (χ0v) is 23.8. The van der Waals surface area contributed by atoms with Crippen molar-refractivity contribution in [2.45, 2.75) is 122 Å². The van der Waals surface area contributed by atoms with Crippen molar-refractivity contribution in [3.8, 4) is 11.8 Å². The third kappa shape index (κ3) is 5.00. The summed E-state index contributed by atoms with van der Waals surface area (Å²) in [5.74, 6) is 11.2. The van der Waals surface area contributed by atoms with Gasteiger partial charge in [0.25, 0.3) is 0 Å². The Morgan fingerprint density at radius 2 is 1.61 bits per heavy atom. The van der Waals surface area contributed by atoms with Gasteiger partial charge in [-0.15, -0.1) is 0 Å². The van der Waals surface area contributed by atoms with Crippen molar-refractivity contribution in [3.63, 3.8) is 0 Å². The lowest BCUT2D eigenvalue weighted by Gasteiger charge is -2.57. The van der Waals surface area contributed by atoms with Gasteiger partial charge in [0.1, 0.15) is 6.10 Å². The third-order valence-electron chi connectivity index (χ3n) is 12.2. The van der Waals surface area contributed by atoms with Gasteiger partial charge in [0.2, 0.25) is 0 Å². The van der Waals surface area contributed by atoms with E-state index in [0.29, 0.717) is 41.6 Å². The first-order valence-corrected chi connectivity index (χ1v) is 15.8. The second-order valence-electron chi connectivity index (χ2n) is 14.9. The number of allylic oxidation sites excluding steroid dienone is 3. The fraction of sp³-hybridized carbons (Fsp3) is 0.771. The number of fused-ring (bicyclic) bond motifs is 1. The van der Waals surface area contributed by atoms with Crippen LogP contribution in [0.1, 0.15) is 104 Å². The van der Waals surface area contributed by atoms with Gasteiger partial charge in [0.15, 0.2) is 0 Å². The summed E-state index contributed by atoms with van der Waals surface area (Å²) in [5.41, 5.74) is 3.87. The first-order chi connectivity index (χ1) is 18.1. The topological polar surface area (TPSA) is 60.7 Å². The largest absolute Gasteiger partial charge is 0.388 e. The van der Waals surface area contributed by atoms with Crippen LogP contribution in [0.3, 0.4) is 0 Å². The molecule has 0 heterocycles. The molecule has 7 saturated carbocycles. The van der Waals surface area contributed by atoms with Gasteiger partial charge in [0.05, 0.1) is 12.2 Å². The summed E-state index contributed by atoms with van der Waals surface area (Å²) in [6, 6.07) is 0. The number of hydrogen-bond donors (Lipinski definition) is 3. The molecule has 0 saturated heterocycles. The average molecular weight is 519 g/mol. The van der Waals surface area contributed by atoms with E-state index < -0.39 is 18.3 Å². The molecule has 3 nitrogen and oxygen atoms in total. The quantitative estimate of drug-likeness (QED) is 0.285. The molecule has 0 spiro atoms. The smallest absolute Gasteiger partial charge is 0.115 e. The molecule has 208 valence electrons. The fourth-order valence-corrected chi connectivity index (χ4v) is 10.9. The second-order valence-corrected chi connectivity index (χ2v) is 14.9. The van der Waals surface area contributed by atoms with Gasteiger partial charge in [-0.3, -0.25) is 0 Å². The normalized spacial score (nSPS) is 46.4. The number of aliphatic hydroxyl groups is 3. The number of rotatable bonds is 4. The summed E-state index contributed by atoms with van der Waals surface area (Å²) in [5, 5.41) is 31.5. The SMILES string of the molecule is C=C1[C@H](O)CC(=C/C=C2\CCC[C@@]3(C)C2CC[C@@H]3[C@H](C)C#CC(O)CC23CC4CC(CC(C4)C2)C3)C[C@H]1O. The van der Waals surface area contributed by atoms with Gasteiger partial charge in [-0.25, -0.2) is 0 Å². The summed E-state index contributed by atoms with van der Waals surface area (Å²) in [6.07, 6.45) is 19.3. The van der Waals surface area contributed by atoms with Crippen LogP contribution in [0, 0.1) is 58.2 Å². The molecule has 7 rings (SSSR count). The van der Waals surface area contributed by atoms with E-state index in [2.05, 4.69) is 44.4 Å². The molecular formula is C35H50O3. The Morgan fingerprint density at radius 3 is 2.24 bits per heavy atom. The van der Waals surface area contributed by atoms with E-state index in [9.17, 15) is 15.3 Å². The molecule has 2 unspecified atom stereocenters. The molecule has 7 aliphatic carbocycles. The predicted molar refractivity (Wildman–Crippen MR) is 153 cm³/mol. The molecule has 7 atom stereocenters. The Bertz CT molecular complexity index is 1000. The minimum Gasteiger partial charge on any atom is -0.388 e. The Hall–Kier alpha value is -1.34. The molecule has 0 aromatic rings. The molecule has 3 N–H and O–H groups in total. The van der Waals surface area contributed by atoms with Gasteiger partial charge >= 0.3 is 0 Å². The maximum absolute atomic E-state index is 11.1. The lowest BCUT2D eigenvalue weighted by atomic mass is 9.48. The van der Waals surface area contributed by atoms with Crippen molar-refractivity contribution in [3.05, 3.63) is 35.5 Å². The number of aliphatic hydroxyl groups excluding tert-OH is 3. The molecule has 0 amide bonds. The molecule has 4 bridgehead atoms. The monoisotopic (exact) mass is 518 g/mol. The van der Waals surface area contributed by atoms with E-state index in [0.717, 1.165) is 36.2 Å². The van der Waals surface area contributed by atoms with Crippen molar-refractivity contribution in [2.24, 2.45) is 46.3 Å². The number of hydrogen-bond acceptors (Lipinski definition) is 3. The van der Waals surface area contributed by atoms with E-state index in [1.165, 1.54) is 64.2 Å². The Balaban J connectivity index is 1.11. The molecule has 0 radical (unpaired) electrons. The van der Waals surface area contributed by atoms with Gasteiger partial charge in [0, 0.05) is 5.92 Å². The van der Waals surface area contributed by atoms with Crippen LogP contribution >= 0.6 is 0 Å². The van der Waals surface area contributed by atoms with Crippen LogP contribution < -0.4 is 0 Å². The molecule has 0 aromatic carbocycles. The molecule has 38 heavy (non-hydrogen) atoms. The van der Waals surface area contributed by atoms with Crippen molar-refractivity contribution in [2.75, 3.05) is 0 Å². The van der Waals surface area contributed by atoms with Gasteiger partial charge in [-0.2, -0.15) is 0 Å². The fourth-order valence-electron chi connectivity index (χ4n) is 10.9. The third-order valence-corrected chi connectivity index (χ3v) is 12.2. The van der Waals surface area contributed by atoms with Crippen molar-refractivity contribution in [1.29, 1.82) is 0 Å². The Labute approximate surface area is 230 Å². The maximum Gasteiger partial charge on any atom is 0.115 e. The summed E-state index contributed by atoms with van der Waals surface area (Å²) in [6.45, 7) is 8.65. The van der Waals surface area contributed by atoms with Crippen LogP contribution in [0.4, 0.5) is 0 Å². The van der Waals surface area contributed by atoms with Crippen LogP contribution in [0.5, 0.6) is 0 Å². The van der Waals surface area contributed by atoms with E-state index >= 15 is 0 Å². The Morgan fingerprint density at radius 1 is 0.974 bits per heavy atom. The molecule has 7 aliphatic rings. The Kier molecular flexibility index (Phi) is 7.24. The van der Waals surface area contributed by atoms with Crippen LogP contribution in [0.25, 0.3) is 0 Å². The van der Waals surface area contributed by atoms with Crippen LogP contribution in [-0.2, 0) is 0 Å². The molecule has 0 aromatic heterocycles. The minimum atomic E-state index is -0.631. The molecule has 7 fully saturated rings. The summed E-state index contributed by atoms with van der Waals surface area (Å²) in [4.78, 5) is 0. The average Bonchev–Trinajstić information content (AvgIpc) is 3.21. The van der Waals surface area contributed by atoms with Gasteiger partial charge in [-0.1, -0.05) is 55.6 Å². The van der Waals surface area contributed by atoms with Crippen molar-refractivity contribution >= 4 is 0 Å². The summed E-state index contributed by atoms with van der Waals surface area (Å²) < 4.78 is 0. The first-order valence-electron chi connectivity index (χ1n) is 15.8. The summed E-state index contributed by atoms with van der Waals surface area (Å²) >= 11 is 0. The summed E-state index contributed by atoms with van der Waals surface area (Å²) in [7, 11) is 0.